The van der Waals surface area contributed by atoms with Crippen molar-refractivity contribution in [2.75, 3.05) is 0 Å². The number of rotatable bonds is 4. The van der Waals surface area contributed by atoms with E-state index in [9.17, 15) is 4.79 Å². The molecule has 1 aromatic rings. The van der Waals surface area contributed by atoms with Crippen LogP contribution in [0.15, 0.2) is 16.8 Å². The third kappa shape index (κ3) is 2.32. The molecule has 0 spiro atoms. The second kappa shape index (κ2) is 5.08. The summed E-state index contributed by atoms with van der Waals surface area (Å²) in [6.45, 7) is 6.30. The maximum atomic E-state index is 11.9. The second-order valence-corrected chi connectivity index (χ2v) is 5.43. The van der Waals surface area contributed by atoms with E-state index in [0.717, 1.165) is 18.4 Å². The average Bonchev–Trinajstić information content (AvgIpc) is 2.87. The number of carbonyl (C=O) groups is 1. The van der Waals surface area contributed by atoms with Crippen LogP contribution in [0, 0.1) is 0 Å². The van der Waals surface area contributed by atoms with Gasteiger partial charge in [-0.05, 0) is 37.1 Å². The Hall–Kier alpha value is -1.03. The number of hydrogen-bond acceptors (Lipinski definition) is 3. The van der Waals surface area contributed by atoms with Gasteiger partial charge in [0, 0.05) is 11.6 Å². The maximum Gasteiger partial charge on any atom is 0.411 e. The minimum absolute atomic E-state index is 0.104. The molecule has 3 nitrogen and oxygen atoms in total. The molecule has 0 radical (unpaired) electrons. The van der Waals surface area contributed by atoms with Gasteiger partial charge in [0.25, 0.3) is 0 Å². The molecule has 0 bridgehead atoms. The Bertz CT molecular complexity index is 377. The zero-order valence-electron chi connectivity index (χ0n) is 10.6. The van der Waals surface area contributed by atoms with E-state index < -0.39 is 0 Å². The van der Waals surface area contributed by atoms with Crippen molar-refractivity contribution >= 4 is 17.4 Å². The molecule has 94 valence electrons. The lowest BCUT2D eigenvalue weighted by Crippen LogP contribution is -2.39. The minimum atomic E-state index is -0.172. The van der Waals surface area contributed by atoms with E-state index in [1.54, 1.807) is 11.3 Å². The highest BCUT2D eigenvalue weighted by Gasteiger charge is 2.41. The van der Waals surface area contributed by atoms with Gasteiger partial charge in [0.15, 0.2) is 0 Å². The Balaban J connectivity index is 2.13. The van der Waals surface area contributed by atoms with E-state index in [2.05, 4.69) is 26.2 Å². The van der Waals surface area contributed by atoms with Gasteiger partial charge in [0.05, 0.1) is 6.04 Å². The van der Waals surface area contributed by atoms with E-state index >= 15 is 0 Å². The summed E-state index contributed by atoms with van der Waals surface area (Å²) in [6.07, 6.45) is 1.83. The summed E-state index contributed by atoms with van der Waals surface area (Å²) in [5.41, 5.74) is 1.11. The molecule has 0 N–H and O–H groups in total. The van der Waals surface area contributed by atoms with Crippen LogP contribution in [-0.2, 0) is 4.74 Å². The molecule has 3 atom stereocenters. The summed E-state index contributed by atoms with van der Waals surface area (Å²) in [6, 6.07) is 2.41. The van der Waals surface area contributed by atoms with Crippen LogP contribution >= 0.6 is 11.3 Å². The van der Waals surface area contributed by atoms with Crippen molar-refractivity contribution in [1.82, 2.24) is 4.90 Å². The molecule has 1 saturated heterocycles. The van der Waals surface area contributed by atoms with Crippen molar-refractivity contribution in [3.63, 3.8) is 0 Å². The highest BCUT2D eigenvalue weighted by Crippen LogP contribution is 2.35. The Morgan fingerprint density at radius 2 is 2.35 bits per heavy atom. The van der Waals surface area contributed by atoms with Crippen LogP contribution in [0.25, 0.3) is 0 Å². The van der Waals surface area contributed by atoms with Crippen molar-refractivity contribution in [2.45, 2.75) is 51.8 Å². The largest absolute Gasteiger partial charge is 0.439 e. The highest BCUT2D eigenvalue weighted by atomic mass is 32.1. The molecule has 1 fully saturated rings. The summed E-state index contributed by atoms with van der Waals surface area (Å²) < 4.78 is 5.49. The Morgan fingerprint density at radius 1 is 1.59 bits per heavy atom. The van der Waals surface area contributed by atoms with E-state index in [-0.39, 0.29) is 24.3 Å². The lowest BCUT2D eigenvalue weighted by atomic mass is 10.0. The van der Waals surface area contributed by atoms with Gasteiger partial charge in [-0.15, -0.1) is 0 Å². The fraction of sp³-hybridized carbons (Fsp3) is 0.615. The molecule has 0 saturated carbocycles. The monoisotopic (exact) mass is 253 g/mol. The summed E-state index contributed by atoms with van der Waals surface area (Å²) in [5, 5.41) is 4.08. The molecule has 4 heteroatoms. The van der Waals surface area contributed by atoms with E-state index in [0.29, 0.717) is 0 Å². The number of cyclic esters (lactones) is 1. The fourth-order valence-electron chi connectivity index (χ4n) is 2.50. The predicted molar refractivity (Wildman–Crippen MR) is 69.2 cm³/mol. The van der Waals surface area contributed by atoms with Crippen molar-refractivity contribution in [2.24, 2.45) is 0 Å². The van der Waals surface area contributed by atoms with Crippen LogP contribution in [0.1, 0.15) is 45.3 Å². The highest BCUT2D eigenvalue weighted by molar-refractivity contribution is 7.07. The first-order valence-electron chi connectivity index (χ1n) is 6.16. The quantitative estimate of drug-likeness (QED) is 0.816. The Morgan fingerprint density at radius 3 is 2.94 bits per heavy atom. The van der Waals surface area contributed by atoms with Crippen molar-refractivity contribution in [3.05, 3.63) is 22.4 Å². The predicted octanol–water partition coefficient (Wildman–Crippen LogP) is 3.82. The molecular weight excluding hydrogens is 234 g/mol. The van der Waals surface area contributed by atoms with Crippen LogP contribution in [0.4, 0.5) is 4.79 Å². The first-order chi connectivity index (χ1) is 8.15. The van der Waals surface area contributed by atoms with Crippen molar-refractivity contribution in [1.29, 1.82) is 0 Å². The molecule has 1 aromatic heterocycles. The Labute approximate surface area is 106 Å². The molecule has 1 aliphatic heterocycles. The van der Waals surface area contributed by atoms with Crippen LogP contribution < -0.4 is 0 Å². The zero-order valence-corrected chi connectivity index (χ0v) is 11.4. The number of amides is 1. The van der Waals surface area contributed by atoms with Gasteiger partial charge in [-0.1, -0.05) is 13.3 Å². The van der Waals surface area contributed by atoms with Gasteiger partial charge < -0.3 is 4.74 Å². The number of ether oxygens (including phenoxy) is 1. The lowest BCUT2D eigenvalue weighted by Gasteiger charge is -2.26. The number of thiophene rings is 1. The molecule has 0 aliphatic carbocycles. The third-order valence-electron chi connectivity index (χ3n) is 3.37. The van der Waals surface area contributed by atoms with Crippen molar-refractivity contribution in [3.8, 4) is 0 Å². The molecule has 1 unspecified atom stereocenters. The second-order valence-electron chi connectivity index (χ2n) is 4.65. The first-order valence-corrected chi connectivity index (χ1v) is 7.10. The van der Waals surface area contributed by atoms with Gasteiger partial charge in [-0.3, -0.25) is 4.90 Å². The van der Waals surface area contributed by atoms with E-state index in [1.165, 1.54) is 0 Å². The smallest absolute Gasteiger partial charge is 0.411 e. The average molecular weight is 253 g/mol. The zero-order chi connectivity index (χ0) is 12.4. The number of carbonyl (C=O) groups excluding carboxylic acids is 1. The summed E-state index contributed by atoms with van der Waals surface area (Å²) in [4.78, 5) is 13.8. The maximum absolute atomic E-state index is 11.9. The van der Waals surface area contributed by atoms with Gasteiger partial charge in [-0.2, -0.15) is 11.3 Å². The summed E-state index contributed by atoms with van der Waals surface area (Å²) in [5.74, 6) is 0. The molecule has 0 aromatic carbocycles. The van der Waals surface area contributed by atoms with Crippen LogP contribution in [0.5, 0.6) is 0 Å². The molecule has 1 amide bonds. The number of nitrogens with zero attached hydrogens (tertiary/aromatic N) is 1. The van der Waals surface area contributed by atoms with Gasteiger partial charge in [0.1, 0.15) is 6.10 Å². The van der Waals surface area contributed by atoms with Gasteiger partial charge in [-0.25, -0.2) is 4.79 Å². The lowest BCUT2D eigenvalue weighted by molar-refractivity contribution is 0.128. The molecule has 1 aliphatic rings. The Kier molecular flexibility index (Phi) is 3.72. The fourth-order valence-corrected chi connectivity index (χ4v) is 3.19. The number of hydrogen-bond donors (Lipinski definition) is 0. The van der Waals surface area contributed by atoms with Crippen LogP contribution in [0.2, 0.25) is 0 Å². The molecule has 17 heavy (non-hydrogen) atoms. The first kappa shape index (κ1) is 12.4. The normalized spacial score (nSPS) is 26.1. The topological polar surface area (TPSA) is 29.5 Å². The standard InChI is InChI=1S/C13H19NO2S/c1-4-5-9(2)14-10(3)12(16-13(14)15)11-6-7-17-8-11/h6-10,12H,4-5H2,1-3H3/t9?,10-,12-/m0/s1. The van der Waals surface area contributed by atoms with Crippen molar-refractivity contribution < 1.29 is 9.53 Å². The molecule has 2 heterocycles. The van der Waals surface area contributed by atoms with E-state index in [1.807, 2.05) is 16.3 Å². The SMILES string of the molecule is CCCC(C)N1C(=O)O[C@H](c2ccsc2)[C@@H]1C. The molecular formula is C13H19NO2S. The van der Waals surface area contributed by atoms with Gasteiger partial charge in [0.2, 0.25) is 0 Å². The summed E-state index contributed by atoms with van der Waals surface area (Å²) >= 11 is 1.64. The van der Waals surface area contributed by atoms with Crippen LogP contribution in [0.3, 0.4) is 0 Å². The molecule has 2 rings (SSSR count). The van der Waals surface area contributed by atoms with Crippen LogP contribution in [-0.4, -0.2) is 23.1 Å². The van der Waals surface area contributed by atoms with Gasteiger partial charge >= 0.3 is 6.09 Å². The summed E-state index contributed by atoms with van der Waals surface area (Å²) in [7, 11) is 0. The van der Waals surface area contributed by atoms with E-state index in [4.69, 9.17) is 4.74 Å². The minimum Gasteiger partial charge on any atom is -0.439 e. The third-order valence-corrected chi connectivity index (χ3v) is 4.07.